The number of carbonyl (C=O) groups is 1. The summed E-state index contributed by atoms with van der Waals surface area (Å²) in [5, 5.41) is 9.13. The molecule has 0 radical (unpaired) electrons. The fraction of sp³-hybridized carbons (Fsp3) is 0.462. The molecule has 0 heterocycles. The SMILES string of the molecule is COCCCOC(=O)C(N)Cc1ccc(O)cc1. The van der Waals surface area contributed by atoms with E-state index >= 15 is 0 Å². The Hall–Kier alpha value is -1.59. The van der Waals surface area contributed by atoms with Crippen molar-refractivity contribution >= 4 is 5.97 Å². The molecule has 0 aliphatic heterocycles. The van der Waals surface area contributed by atoms with Gasteiger partial charge in [0.2, 0.25) is 0 Å². The number of phenols is 1. The van der Waals surface area contributed by atoms with Crippen molar-refractivity contribution in [3.05, 3.63) is 29.8 Å². The molecule has 5 nitrogen and oxygen atoms in total. The van der Waals surface area contributed by atoms with Gasteiger partial charge >= 0.3 is 5.97 Å². The lowest BCUT2D eigenvalue weighted by Crippen LogP contribution is -2.34. The molecule has 0 aromatic heterocycles. The number of carbonyl (C=O) groups excluding carboxylic acids is 1. The number of benzene rings is 1. The van der Waals surface area contributed by atoms with Crippen LogP contribution in [0.15, 0.2) is 24.3 Å². The number of methoxy groups -OCH3 is 1. The smallest absolute Gasteiger partial charge is 0.323 e. The van der Waals surface area contributed by atoms with E-state index in [4.69, 9.17) is 20.3 Å². The number of aromatic hydroxyl groups is 1. The molecule has 0 saturated carbocycles. The maximum absolute atomic E-state index is 11.5. The van der Waals surface area contributed by atoms with E-state index in [1.807, 2.05) is 0 Å². The van der Waals surface area contributed by atoms with Crippen molar-refractivity contribution in [2.24, 2.45) is 5.73 Å². The van der Waals surface area contributed by atoms with Gasteiger partial charge in [-0.3, -0.25) is 4.79 Å². The van der Waals surface area contributed by atoms with Crippen LogP contribution in [-0.4, -0.2) is 37.4 Å². The van der Waals surface area contributed by atoms with Crippen LogP contribution in [0.3, 0.4) is 0 Å². The molecule has 1 atom stereocenters. The van der Waals surface area contributed by atoms with Crippen molar-refractivity contribution < 1.29 is 19.4 Å². The van der Waals surface area contributed by atoms with Crippen molar-refractivity contribution in [2.75, 3.05) is 20.3 Å². The average Bonchev–Trinajstić information content (AvgIpc) is 2.37. The number of rotatable bonds is 7. The molecule has 100 valence electrons. The van der Waals surface area contributed by atoms with E-state index in [0.29, 0.717) is 26.1 Å². The summed E-state index contributed by atoms with van der Waals surface area (Å²) in [4.78, 5) is 11.5. The van der Waals surface area contributed by atoms with E-state index < -0.39 is 12.0 Å². The Labute approximate surface area is 107 Å². The summed E-state index contributed by atoms with van der Waals surface area (Å²) < 4.78 is 9.85. The highest BCUT2D eigenvalue weighted by molar-refractivity contribution is 5.75. The standard InChI is InChI=1S/C13H19NO4/c1-17-7-2-8-18-13(16)12(14)9-10-3-5-11(15)6-4-10/h3-6,12,15H,2,7-9,14H2,1H3. The summed E-state index contributed by atoms with van der Waals surface area (Å²) in [5.74, 6) is -0.228. The molecular weight excluding hydrogens is 234 g/mol. The van der Waals surface area contributed by atoms with Gasteiger partial charge in [-0.05, 0) is 24.1 Å². The van der Waals surface area contributed by atoms with Gasteiger partial charge in [-0.25, -0.2) is 0 Å². The van der Waals surface area contributed by atoms with Crippen molar-refractivity contribution in [2.45, 2.75) is 18.9 Å². The highest BCUT2D eigenvalue weighted by atomic mass is 16.5. The van der Waals surface area contributed by atoms with Crippen molar-refractivity contribution in [3.63, 3.8) is 0 Å². The summed E-state index contributed by atoms with van der Waals surface area (Å²) in [6.07, 6.45) is 1.05. The number of hydrogen-bond donors (Lipinski definition) is 2. The largest absolute Gasteiger partial charge is 0.508 e. The molecular formula is C13H19NO4. The average molecular weight is 253 g/mol. The lowest BCUT2D eigenvalue weighted by atomic mass is 10.1. The molecule has 0 aliphatic carbocycles. The summed E-state index contributed by atoms with van der Waals surface area (Å²) in [6, 6.07) is 5.90. The first-order chi connectivity index (χ1) is 8.63. The third kappa shape index (κ3) is 5.16. The molecule has 18 heavy (non-hydrogen) atoms. The minimum absolute atomic E-state index is 0.189. The molecule has 3 N–H and O–H groups in total. The van der Waals surface area contributed by atoms with Crippen LogP contribution < -0.4 is 5.73 Å². The van der Waals surface area contributed by atoms with E-state index in [1.54, 1.807) is 31.4 Å². The third-order valence-corrected chi connectivity index (χ3v) is 2.43. The maximum atomic E-state index is 11.5. The van der Waals surface area contributed by atoms with Crippen LogP contribution in [0, 0.1) is 0 Å². The second-order valence-electron chi connectivity index (χ2n) is 3.99. The van der Waals surface area contributed by atoms with Crippen LogP contribution >= 0.6 is 0 Å². The molecule has 0 fully saturated rings. The van der Waals surface area contributed by atoms with E-state index in [1.165, 1.54) is 0 Å². The zero-order valence-electron chi connectivity index (χ0n) is 10.5. The van der Waals surface area contributed by atoms with E-state index in [0.717, 1.165) is 5.56 Å². The normalized spacial score (nSPS) is 12.1. The van der Waals surface area contributed by atoms with Gasteiger partial charge in [0, 0.05) is 20.1 Å². The molecule has 0 amide bonds. The predicted octanol–water partition coefficient (Wildman–Crippen LogP) is 0.842. The Bertz CT molecular complexity index is 364. The predicted molar refractivity (Wildman–Crippen MR) is 67.2 cm³/mol. The lowest BCUT2D eigenvalue weighted by molar-refractivity contribution is -0.145. The first-order valence-electron chi connectivity index (χ1n) is 5.82. The molecule has 1 rings (SSSR count). The Balaban J connectivity index is 2.33. The van der Waals surface area contributed by atoms with Crippen LogP contribution in [0.1, 0.15) is 12.0 Å². The topological polar surface area (TPSA) is 81.8 Å². The van der Waals surface area contributed by atoms with Gasteiger partial charge in [0.05, 0.1) is 6.61 Å². The number of nitrogens with two attached hydrogens (primary N) is 1. The lowest BCUT2D eigenvalue weighted by Gasteiger charge is -2.11. The number of hydrogen-bond acceptors (Lipinski definition) is 5. The molecule has 0 aliphatic rings. The molecule has 0 spiro atoms. The zero-order chi connectivity index (χ0) is 13.4. The molecule has 1 aromatic carbocycles. The fourth-order valence-corrected chi connectivity index (χ4v) is 1.45. The molecule has 0 bridgehead atoms. The fourth-order valence-electron chi connectivity index (χ4n) is 1.45. The van der Waals surface area contributed by atoms with Crippen LogP contribution in [0.2, 0.25) is 0 Å². The summed E-state index contributed by atoms with van der Waals surface area (Å²) in [6.45, 7) is 0.871. The molecule has 5 heteroatoms. The van der Waals surface area contributed by atoms with Gasteiger partial charge < -0.3 is 20.3 Å². The summed E-state index contributed by atoms with van der Waals surface area (Å²) in [5.41, 5.74) is 6.62. The van der Waals surface area contributed by atoms with Gasteiger partial charge in [0.25, 0.3) is 0 Å². The minimum Gasteiger partial charge on any atom is -0.508 e. The summed E-state index contributed by atoms with van der Waals surface area (Å²) >= 11 is 0. The van der Waals surface area contributed by atoms with Crippen LogP contribution in [0.4, 0.5) is 0 Å². The highest BCUT2D eigenvalue weighted by Crippen LogP contribution is 2.11. The van der Waals surface area contributed by atoms with Gasteiger partial charge in [-0.1, -0.05) is 12.1 Å². The van der Waals surface area contributed by atoms with Crippen molar-refractivity contribution in [3.8, 4) is 5.75 Å². The number of phenolic OH excluding ortho intramolecular Hbond substituents is 1. The first kappa shape index (κ1) is 14.5. The van der Waals surface area contributed by atoms with Gasteiger partial charge in [0.15, 0.2) is 0 Å². The number of esters is 1. The second kappa shape index (κ2) is 7.68. The zero-order valence-corrected chi connectivity index (χ0v) is 10.5. The highest BCUT2D eigenvalue weighted by Gasteiger charge is 2.15. The van der Waals surface area contributed by atoms with Crippen molar-refractivity contribution in [1.29, 1.82) is 0 Å². The van der Waals surface area contributed by atoms with Crippen LogP contribution in [-0.2, 0) is 20.7 Å². The van der Waals surface area contributed by atoms with Gasteiger partial charge in [0.1, 0.15) is 11.8 Å². The second-order valence-corrected chi connectivity index (χ2v) is 3.99. The Morgan fingerprint density at radius 1 is 1.33 bits per heavy atom. The van der Waals surface area contributed by atoms with Crippen molar-refractivity contribution in [1.82, 2.24) is 0 Å². The monoisotopic (exact) mass is 253 g/mol. The maximum Gasteiger partial charge on any atom is 0.323 e. The molecule has 0 saturated heterocycles. The Morgan fingerprint density at radius 3 is 2.61 bits per heavy atom. The van der Waals surface area contributed by atoms with E-state index in [9.17, 15) is 4.79 Å². The Kier molecular flexibility index (Phi) is 6.18. The van der Waals surface area contributed by atoms with Crippen LogP contribution in [0.25, 0.3) is 0 Å². The first-order valence-corrected chi connectivity index (χ1v) is 5.82. The number of ether oxygens (including phenoxy) is 2. The van der Waals surface area contributed by atoms with Gasteiger partial charge in [-0.2, -0.15) is 0 Å². The third-order valence-electron chi connectivity index (χ3n) is 2.43. The molecule has 1 aromatic rings. The van der Waals surface area contributed by atoms with Gasteiger partial charge in [-0.15, -0.1) is 0 Å². The quantitative estimate of drug-likeness (QED) is 0.556. The van der Waals surface area contributed by atoms with E-state index in [2.05, 4.69) is 0 Å². The molecule has 1 unspecified atom stereocenters. The minimum atomic E-state index is -0.683. The Morgan fingerprint density at radius 2 is 2.00 bits per heavy atom. The van der Waals surface area contributed by atoms with Crippen LogP contribution in [0.5, 0.6) is 5.75 Å². The summed E-state index contributed by atoms with van der Waals surface area (Å²) in [7, 11) is 1.60. The van der Waals surface area contributed by atoms with E-state index in [-0.39, 0.29) is 5.75 Å².